The molecule has 3 aromatic heterocycles. The van der Waals surface area contributed by atoms with Crippen LogP contribution in [-0.2, 0) is 6.42 Å². The number of hydrogen-bond acceptors (Lipinski definition) is 6. The molecule has 22 heavy (non-hydrogen) atoms. The number of nitrogens with two attached hydrogens (primary N) is 1. The van der Waals surface area contributed by atoms with Gasteiger partial charge in [0.15, 0.2) is 10.7 Å². The summed E-state index contributed by atoms with van der Waals surface area (Å²) in [5.41, 5.74) is 8.62. The number of pyridine rings is 1. The lowest BCUT2D eigenvalue weighted by atomic mass is 10.1. The van der Waals surface area contributed by atoms with Crippen LogP contribution in [0.1, 0.15) is 30.4 Å². The number of aromatic nitrogens is 3. The summed E-state index contributed by atoms with van der Waals surface area (Å²) in [6.45, 7) is 4.15. The van der Waals surface area contributed by atoms with E-state index in [0.29, 0.717) is 16.1 Å². The molecule has 0 radical (unpaired) electrons. The van der Waals surface area contributed by atoms with E-state index in [1.54, 1.807) is 12.5 Å². The molecule has 0 unspecified atom stereocenters. The Kier molecular flexibility index (Phi) is 4.22. The first-order valence-corrected chi connectivity index (χ1v) is 8.15. The molecule has 0 fully saturated rings. The Labute approximate surface area is 137 Å². The zero-order chi connectivity index (χ0) is 15.7. The smallest absolute Gasteiger partial charge is 0.191 e. The van der Waals surface area contributed by atoms with Crippen LogP contribution in [0, 0.1) is 0 Å². The third-order valence-corrected chi connectivity index (χ3v) is 4.52. The van der Waals surface area contributed by atoms with Crippen LogP contribution in [-0.4, -0.2) is 15.0 Å². The van der Waals surface area contributed by atoms with Crippen molar-refractivity contribution in [2.75, 3.05) is 5.73 Å². The van der Waals surface area contributed by atoms with Gasteiger partial charge in [-0.1, -0.05) is 30.3 Å². The van der Waals surface area contributed by atoms with Crippen LogP contribution in [0.25, 0.3) is 11.0 Å². The van der Waals surface area contributed by atoms with Crippen molar-refractivity contribution in [3.63, 3.8) is 0 Å². The van der Waals surface area contributed by atoms with Gasteiger partial charge in [0.05, 0.1) is 23.4 Å². The second-order valence-electron chi connectivity index (χ2n) is 4.88. The van der Waals surface area contributed by atoms with E-state index in [1.807, 2.05) is 6.92 Å². The summed E-state index contributed by atoms with van der Waals surface area (Å²) in [5.74, 6) is 0.362. The minimum atomic E-state index is 0.0712. The summed E-state index contributed by atoms with van der Waals surface area (Å²) < 4.78 is 5.50. The van der Waals surface area contributed by atoms with Crippen molar-refractivity contribution < 1.29 is 4.42 Å². The van der Waals surface area contributed by atoms with Crippen molar-refractivity contribution in [3.05, 3.63) is 41.0 Å². The molecule has 0 aliphatic rings. The normalized spacial score (nSPS) is 12.7. The highest BCUT2D eigenvalue weighted by atomic mass is 35.5. The molecule has 1 atom stereocenters. The van der Waals surface area contributed by atoms with Crippen LogP contribution < -0.4 is 5.73 Å². The third kappa shape index (κ3) is 3.03. The van der Waals surface area contributed by atoms with Crippen LogP contribution in [0.4, 0.5) is 5.82 Å². The van der Waals surface area contributed by atoms with Gasteiger partial charge in [-0.05, 0) is 25.0 Å². The molecule has 3 rings (SSSR count). The first-order chi connectivity index (χ1) is 10.6. The zero-order valence-corrected chi connectivity index (χ0v) is 13.8. The Morgan fingerprint density at radius 2 is 2.18 bits per heavy atom. The Bertz CT molecular complexity index is 800. The predicted octanol–water partition coefficient (Wildman–Crippen LogP) is 4.27. The van der Waals surface area contributed by atoms with E-state index >= 15 is 0 Å². The van der Waals surface area contributed by atoms with Gasteiger partial charge >= 0.3 is 0 Å². The molecule has 7 heteroatoms. The fourth-order valence-corrected chi connectivity index (χ4v) is 3.30. The molecule has 0 spiro atoms. The molecule has 0 bridgehead atoms. The number of anilines is 1. The highest BCUT2D eigenvalue weighted by molar-refractivity contribution is 7.99. The fraction of sp³-hybridized carbons (Fsp3) is 0.267. The molecular formula is C15H15ClN4OS. The van der Waals surface area contributed by atoms with E-state index in [0.717, 1.165) is 23.1 Å². The van der Waals surface area contributed by atoms with Crippen LogP contribution in [0.2, 0.25) is 5.15 Å². The maximum atomic E-state index is 5.91. The van der Waals surface area contributed by atoms with Crippen molar-refractivity contribution in [1.29, 1.82) is 0 Å². The Morgan fingerprint density at radius 1 is 1.36 bits per heavy atom. The quantitative estimate of drug-likeness (QED) is 0.436. The number of furan rings is 1. The number of hydrogen-bond donors (Lipinski definition) is 1. The molecule has 114 valence electrons. The van der Waals surface area contributed by atoms with E-state index in [4.69, 9.17) is 21.8 Å². The summed E-state index contributed by atoms with van der Waals surface area (Å²) in [7, 11) is 0. The summed E-state index contributed by atoms with van der Waals surface area (Å²) >= 11 is 7.38. The van der Waals surface area contributed by atoms with Crippen molar-refractivity contribution in [1.82, 2.24) is 15.0 Å². The highest BCUT2D eigenvalue weighted by Gasteiger charge is 2.14. The van der Waals surface area contributed by atoms with Gasteiger partial charge in [-0.2, -0.15) is 0 Å². The number of nitrogen functional groups attached to an aromatic ring is 1. The van der Waals surface area contributed by atoms with Crippen LogP contribution in [0.15, 0.2) is 34.2 Å². The minimum absolute atomic E-state index is 0.0712. The lowest BCUT2D eigenvalue weighted by Gasteiger charge is -2.10. The Balaban J connectivity index is 1.89. The monoisotopic (exact) mass is 334 g/mol. The lowest BCUT2D eigenvalue weighted by Crippen LogP contribution is -1.98. The molecular weight excluding hydrogens is 320 g/mol. The van der Waals surface area contributed by atoms with Crippen molar-refractivity contribution in [2.24, 2.45) is 0 Å². The van der Waals surface area contributed by atoms with Gasteiger partial charge < -0.3 is 10.2 Å². The number of nitrogens with zero attached hydrogens (tertiary/aromatic N) is 3. The predicted molar refractivity (Wildman–Crippen MR) is 89.1 cm³/mol. The largest absolute Gasteiger partial charge is 0.462 e. The lowest BCUT2D eigenvalue weighted by molar-refractivity contribution is 0.609. The molecule has 0 saturated carbocycles. The molecule has 0 saturated heterocycles. The van der Waals surface area contributed by atoms with Gasteiger partial charge in [0.1, 0.15) is 11.0 Å². The van der Waals surface area contributed by atoms with E-state index < -0.39 is 0 Å². The van der Waals surface area contributed by atoms with Gasteiger partial charge in [0, 0.05) is 11.5 Å². The fourth-order valence-electron chi connectivity index (χ4n) is 2.18. The zero-order valence-electron chi connectivity index (χ0n) is 12.2. The summed E-state index contributed by atoms with van der Waals surface area (Å²) in [6.07, 6.45) is 4.47. The highest BCUT2D eigenvalue weighted by Crippen LogP contribution is 2.34. The molecule has 0 aliphatic heterocycles. The number of rotatable bonds is 4. The topological polar surface area (TPSA) is 77.8 Å². The second-order valence-corrected chi connectivity index (χ2v) is 6.57. The first-order valence-electron chi connectivity index (χ1n) is 6.89. The molecule has 0 aromatic carbocycles. The van der Waals surface area contributed by atoms with Crippen LogP contribution >= 0.6 is 23.4 Å². The van der Waals surface area contributed by atoms with E-state index in [-0.39, 0.29) is 5.25 Å². The molecule has 5 nitrogen and oxygen atoms in total. The number of fused-ring (bicyclic) bond motifs is 1. The summed E-state index contributed by atoms with van der Waals surface area (Å²) in [5, 5.41) is 2.06. The second kappa shape index (κ2) is 6.14. The average molecular weight is 335 g/mol. The van der Waals surface area contributed by atoms with E-state index in [2.05, 4.69) is 27.9 Å². The number of halogens is 1. The van der Waals surface area contributed by atoms with Gasteiger partial charge in [0.25, 0.3) is 0 Å². The molecule has 0 aliphatic carbocycles. The van der Waals surface area contributed by atoms with Crippen LogP contribution in [0.3, 0.4) is 0 Å². The maximum absolute atomic E-state index is 5.91. The molecule has 3 aromatic rings. The molecule has 0 amide bonds. The minimum Gasteiger partial charge on any atom is -0.462 e. The Morgan fingerprint density at radius 3 is 2.91 bits per heavy atom. The van der Waals surface area contributed by atoms with E-state index in [1.165, 1.54) is 23.4 Å². The van der Waals surface area contributed by atoms with Gasteiger partial charge in [-0.3, -0.25) is 4.98 Å². The number of thioether (sulfide) groups is 1. The first kappa shape index (κ1) is 15.1. The molecule has 2 N–H and O–H groups in total. The van der Waals surface area contributed by atoms with Crippen molar-refractivity contribution in [3.8, 4) is 0 Å². The molecule has 3 heterocycles. The van der Waals surface area contributed by atoms with Crippen LogP contribution in [0.5, 0.6) is 0 Å². The number of aryl methyl sites for hydroxylation is 1. The average Bonchev–Trinajstić information content (AvgIpc) is 2.88. The summed E-state index contributed by atoms with van der Waals surface area (Å²) in [6, 6.07) is 3.59. The van der Waals surface area contributed by atoms with Gasteiger partial charge in [0.2, 0.25) is 0 Å². The summed E-state index contributed by atoms with van der Waals surface area (Å²) in [4.78, 5) is 12.8. The van der Waals surface area contributed by atoms with Gasteiger partial charge in [-0.25, -0.2) is 9.97 Å². The standard InChI is InChI=1S/C15H15ClN4OS/c1-3-9-7-21-12-6-18-11(4-10(9)12)8(2)22-15-19-13(16)5-14(17)20-15/h4-8H,3H2,1-2H3,(H2,17,19,20)/t8-/m0/s1. The maximum Gasteiger partial charge on any atom is 0.191 e. The Hall–Kier alpha value is -1.79. The van der Waals surface area contributed by atoms with Gasteiger partial charge in [-0.15, -0.1) is 0 Å². The third-order valence-electron chi connectivity index (χ3n) is 3.34. The van der Waals surface area contributed by atoms with Crippen molar-refractivity contribution in [2.45, 2.75) is 30.7 Å². The van der Waals surface area contributed by atoms with E-state index in [9.17, 15) is 0 Å². The SMILES string of the molecule is CCc1coc2cnc([C@H](C)Sc3nc(N)cc(Cl)n3)cc12. The van der Waals surface area contributed by atoms with Crippen molar-refractivity contribution >= 4 is 40.1 Å².